The lowest BCUT2D eigenvalue weighted by Gasteiger charge is -2.42. The van der Waals surface area contributed by atoms with Crippen LogP contribution < -0.4 is 0 Å². The lowest BCUT2D eigenvalue weighted by atomic mass is 9.75. The van der Waals surface area contributed by atoms with E-state index < -0.39 is 17.7 Å². The molecule has 0 aromatic heterocycles. The van der Waals surface area contributed by atoms with E-state index in [-0.39, 0.29) is 31.8 Å². The maximum absolute atomic E-state index is 12.4. The Morgan fingerprint density at radius 2 is 1.81 bits per heavy atom. The predicted octanol–water partition coefficient (Wildman–Crippen LogP) is 1.56. The Bertz CT molecular complexity index is 270. The summed E-state index contributed by atoms with van der Waals surface area (Å²) in [5.41, 5.74) is -1.18. The van der Waals surface area contributed by atoms with Crippen LogP contribution in [0, 0.1) is 5.41 Å². The number of rotatable bonds is 1. The molecule has 0 bridgehead atoms. The standard InChI is InChI=1S/C10H16F3NO2/c1-7(15)14-5-3-9(2,4-6-14)8(16)10(11,12)13/h8,16H,3-6H2,1-2H3. The summed E-state index contributed by atoms with van der Waals surface area (Å²) in [7, 11) is 0. The molecular weight excluding hydrogens is 223 g/mol. The second-order valence-electron chi connectivity index (χ2n) is 4.60. The van der Waals surface area contributed by atoms with Gasteiger partial charge in [-0.1, -0.05) is 6.92 Å². The van der Waals surface area contributed by atoms with Gasteiger partial charge < -0.3 is 10.0 Å². The molecule has 1 atom stereocenters. The summed E-state index contributed by atoms with van der Waals surface area (Å²) >= 11 is 0. The van der Waals surface area contributed by atoms with Crippen molar-refractivity contribution in [2.24, 2.45) is 5.41 Å². The van der Waals surface area contributed by atoms with E-state index in [0.717, 1.165) is 0 Å². The van der Waals surface area contributed by atoms with Crippen molar-refractivity contribution in [3.05, 3.63) is 0 Å². The van der Waals surface area contributed by atoms with Gasteiger partial charge in [0.15, 0.2) is 6.10 Å². The van der Waals surface area contributed by atoms with E-state index in [1.54, 1.807) is 0 Å². The highest BCUT2D eigenvalue weighted by Gasteiger charge is 2.51. The number of alkyl halides is 3. The smallest absolute Gasteiger partial charge is 0.383 e. The van der Waals surface area contributed by atoms with Gasteiger partial charge in [0, 0.05) is 25.4 Å². The molecule has 1 fully saturated rings. The molecule has 1 N–H and O–H groups in total. The van der Waals surface area contributed by atoms with Crippen molar-refractivity contribution in [2.75, 3.05) is 13.1 Å². The fourth-order valence-corrected chi connectivity index (χ4v) is 2.00. The number of likely N-dealkylation sites (tertiary alicyclic amines) is 1. The summed E-state index contributed by atoms with van der Waals surface area (Å²) in [5.74, 6) is -0.136. The van der Waals surface area contributed by atoms with Crippen molar-refractivity contribution < 1.29 is 23.1 Å². The number of carbonyl (C=O) groups excluding carboxylic acids is 1. The Kier molecular flexibility index (Phi) is 3.52. The lowest BCUT2D eigenvalue weighted by Crippen LogP contribution is -2.50. The molecular formula is C10H16F3NO2. The molecule has 0 radical (unpaired) electrons. The van der Waals surface area contributed by atoms with Crippen LogP contribution in [0.1, 0.15) is 26.7 Å². The molecule has 3 nitrogen and oxygen atoms in total. The van der Waals surface area contributed by atoms with Gasteiger partial charge >= 0.3 is 6.18 Å². The number of hydrogen-bond donors (Lipinski definition) is 1. The zero-order valence-electron chi connectivity index (χ0n) is 9.34. The first kappa shape index (κ1) is 13.3. The van der Waals surface area contributed by atoms with Crippen LogP contribution in [0.25, 0.3) is 0 Å². The Morgan fingerprint density at radius 1 is 1.38 bits per heavy atom. The lowest BCUT2D eigenvalue weighted by molar-refractivity contribution is -0.242. The summed E-state index contributed by atoms with van der Waals surface area (Å²) in [6.45, 7) is 3.36. The summed E-state index contributed by atoms with van der Waals surface area (Å²) in [6.07, 6.45) is -6.55. The number of amides is 1. The van der Waals surface area contributed by atoms with Gasteiger partial charge in [0.25, 0.3) is 0 Å². The first-order chi connectivity index (χ1) is 7.17. The summed E-state index contributed by atoms with van der Waals surface area (Å²) in [6, 6.07) is 0. The minimum atomic E-state index is -4.59. The molecule has 1 saturated heterocycles. The maximum Gasteiger partial charge on any atom is 0.414 e. The molecule has 0 aromatic rings. The third-order valence-electron chi connectivity index (χ3n) is 3.32. The molecule has 1 aliphatic rings. The quantitative estimate of drug-likeness (QED) is 0.754. The zero-order chi connectivity index (χ0) is 12.6. The normalized spacial score (nSPS) is 23.0. The molecule has 16 heavy (non-hydrogen) atoms. The number of hydrogen-bond acceptors (Lipinski definition) is 2. The molecule has 1 heterocycles. The van der Waals surface area contributed by atoms with E-state index in [4.69, 9.17) is 0 Å². The number of nitrogens with zero attached hydrogens (tertiary/aromatic N) is 1. The molecule has 94 valence electrons. The maximum atomic E-state index is 12.4. The van der Waals surface area contributed by atoms with Crippen molar-refractivity contribution in [3.63, 3.8) is 0 Å². The van der Waals surface area contributed by atoms with Crippen molar-refractivity contribution >= 4 is 5.91 Å². The van der Waals surface area contributed by atoms with Crippen molar-refractivity contribution in [1.29, 1.82) is 0 Å². The Hall–Kier alpha value is -0.780. The van der Waals surface area contributed by atoms with Gasteiger partial charge in [-0.25, -0.2) is 0 Å². The van der Waals surface area contributed by atoms with Gasteiger partial charge in [0.1, 0.15) is 0 Å². The van der Waals surface area contributed by atoms with Gasteiger partial charge in [-0.05, 0) is 12.8 Å². The molecule has 6 heteroatoms. The highest BCUT2D eigenvalue weighted by Crippen LogP contribution is 2.41. The third kappa shape index (κ3) is 2.66. The summed E-state index contributed by atoms with van der Waals surface area (Å²) in [4.78, 5) is 12.5. The predicted molar refractivity (Wildman–Crippen MR) is 51.7 cm³/mol. The number of halogens is 3. The molecule has 0 spiro atoms. The van der Waals surface area contributed by atoms with Crippen LogP contribution in [0.4, 0.5) is 13.2 Å². The number of aliphatic hydroxyl groups is 1. The summed E-state index contributed by atoms with van der Waals surface area (Å²) in [5, 5.41) is 9.27. The van der Waals surface area contributed by atoms with Crippen LogP contribution in [-0.4, -0.2) is 41.3 Å². The number of piperidine rings is 1. The van der Waals surface area contributed by atoms with E-state index in [1.165, 1.54) is 18.7 Å². The molecule has 1 rings (SSSR count). The van der Waals surface area contributed by atoms with Gasteiger partial charge in [-0.3, -0.25) is 4.79 Å². The molecule has 0 aromatic carbocycles. The van der Waals surface area contributed by atoms with E-state index in [9.17, 15) is 23.1 Å². The van der Waals surface area contributed by atoms with Crippen LogP contribution in [-0.2, 0) is 4.79 Å². The third-order valence-corrected chi connectivity index (χ3v) is 3.32. The fraction of sp³-hybridized carbons (Fsp3) is 0.900. The van der Waals surface area contributed by atoms with Crippen LogP contribution >= 0.6 is 0 Å². The summed E-state index contributed by atoms with van der Waals surface area (Å²) < 4.78 is 37.2. The largest absolute Gasteiger partial charge is 0.414 e. The molecule has 1 unspecified atom stereocenters. The number of aliphatic hydroxyl groups excluding tert-OH is 1. The van der Waals surface area contributed by atoms with E-state index in [2.05, 4.69) is 0 Å². The number of carbonyl (C=O) groups is 1. The Labute approximate surface area is 92.2 Å². The average Bonchev–Trinajstić information content (AvgIpc) is 2.16. The molecule has 0 saturated carbocycles. The van der Waals surface area contributed by atoms with Crippen LogP contribution in [0.3, 0.4) is 0 Å². The Morgan fingerprint density at radius 3 is 2.12 bits per heavy atom. The van der Waals surface area contributed by atoms with Gasteiger partial charge in [-0.15, -0.1) is 0 Å². The highest BCUT2D eigenvalue weighted by molar-refractivity contribution is 5.73. The van der Waals surface area contributed by atoms with Crippen molar-refractivity contribution in [1.82, 2.24) is 4.90 Å². The van der Waals surface area contributed by atoms with Crippen LogP contribution in [0.5, 0.6) is 0 Å². The minimum absolute atomic E-state index is 0.136. The SMILES string of the molecule is CC(=O)N1CCC(C)(C(O)C(F)(F)F)CC1. The Balaban J connectivity index is 2.66. The first-order valence-corrected chi connectivity index (χ1v) is 5.17. The minimum Gasteiger partial charge on any atom is -0.383 e. The average molecular weight is 239 g/mol. The van der Waals surface area contributed by atoms with E-state index in [0.29, 0.717) is 0 Å². The van der Waals surface area contributed by atoms with Gasteiger partial charge in [0.2, 0.25) is 5.91 Å². The van der Waals surface area contributed by atoms with E-state index >= 15 is 0 Å². The second kappa shape index (κ2) is 4.24. The van der Waals surface area contributed by atoms with Crippen molar-refractivity contribution in [2.45, 2.75) is 39.0 Å². The monoisotopic (exact) mass is 239 g/mol. The molecule has 0 aliphatic carbocycles. The van der Waals surface area contributed by atoms with Crippen LogP contribution in [0.15, 0.2) is 0 Å². The van der Waals surface area contributed by atoms with Crippen LogP contribution in [0.2, 0.25) is 0 Å². The zero-order valence-corrected chi connectivity index (χ0v) is 9.34. The van der Waals surface area contributed by atoms with Crippen molar-refractivity contribution in [3.8, 4) is 0 Å². The second-order valence-corrected chi connectivity index (χ2v) is 4.60. The van der Waals surface area contributed by atoms with Gasteiger partial charge in [-0.2, -0.15) is 13.2 Å². The van der Waals surface area contributed by atoms with Gasteiger partial charge in [0.05, 0.1) is 0 Å². The highest BCUT2D eigenvalue weighted by atomic mass is 19.4. The van der Waals surface area contributed by atoms with E-state index in [1.807, 2.05) is 0 Å². The molecule has 1 aliphatic heterocycles. The first-order valence-electron chi connectivity index (χ1n) is 5.17. The topological polar surface area (TPSA) is 40.5 Å². The molecule has 1 amide bonds. The fourth-order valence-electron chi connectivity index (χ4n) is 2.00.